The van der Waals surface area contributed by atoms with E-state index in [1.54, 1.807) is 0 Å². The van der Waals surface area contributed by atoms with Crippen LogP contribution in [0.5, 0.6) is 0 Å². The lowest BCUT2D eigenvalue weighted by Crippen LogP contribution is -2.22. The molecule has 0 aromatic heterocycles. The van der Waals surface area contributed by atoms with E-state index in [4.69, 9.17) is 0 Å². The normalized spacial score (nSPS) is 11.8. The summed E-state index contributed by atoms with van der Waals surface area (Å²) in [5.74, 6) is 0. The maximum Gasteiger partial charge on any atom is -0.00235 e. The quantitative estimate of drug-likeness (QED) is 0.235. The number of rotatable bonds is 5. The minimum absolute atomic E-state index is 0.714. The summed E-state index contributed by atoms with van der Waals surface area (Å²) in [5, 5.41) is 6.74. The van der Waals surface area contributed by atoms with Gasteiger partial charge in [0.2, 0.25) is 0 Å². The highest BCUT2D eigenvalue weighted by atomic mass is 31.1. The molecule has 0 spiro atoms. The van der Waals surface area contributed by atoms with Crippen LogP contribution in [0.15, 0.2) is 121 Å². The van der Waals surface area contributed by atoms with Gasteiger partial charge < -0.3 is 0 Å². The third-order valence-corrected chi connectivity index (χ3v) is 8.98. The highest BCUT2D eigenvalue weighted by Crippen LogP contribution is 2.42. The first-order valence-corrected chi connectivity index (χ1v) is 13.2. The van der Waals surface area contributed by atoms with E-state index in [-0.39, 0.29) is 0 Å². The van der Waals surface area contributed by atoms with Gasteiger partial charge in [-0.2, -0.15) is 0 Å². The number of fused-ring (bicyclic) bond motifs is 1. The second-order valence-electron chi connectivity index (χ2n) is 8.71. The Hall–Kier alpha value is -3.47. The Bertz CT molecular complexity index is 1420. The van der Waals surface area contributed by atoms with Gasteiger partial charge in [0, 0.05) is 0 Å². The Morgan fingerprint density at radius 2 is 1.29 bits per heavy atom. The first-order chi connectivity index (χ1) is 16.7. The van der Waals surface area contributed by atoms with Gasteiger partial charge in [0.25, 0.3) is 0 Å². The Labute approximate surface area is 204 Å². The highest BCUT2D eigenvalue weighted by molar-refractivity contribution is 7.80. The van der Waals surface area contributed by atoms with E-state index in [2.05, 4.69) is 142 Å². The summed E-state index contributed by atoms with van der Waals surface area (Å²) in [6.45, 7) is 6.56. The molecule has 0 aliphatic rings. The SMILES string of the molecule is C/C=C(\C)c1ccc2ccccc2c1-c1cc(C)ccc1P(c1ccccc1)c1ccccc1. The van der Waals surface area contributed by atoms with E-state index < -0.39 is 7.92 Å². The molecule has 166 valence electrons. The maximum atomic E-state index is 2.39. The lowest BCUT2D eigenvalue weighted by atomic mass is 9.89. The summed E-state index contributed by atoms with van der Waals surface area (Å²) in [4.78, 5) is 0. The topological polar surface area (TPSA) is 0 Å². The van der Waals surface area contributed by atoms with E-state index in [0.29, 0.717) is 0 Å². The van der Waals surface area contributed by atoms with Gasteiger partial charge in [0.1, 0.15) is 0 Å². The van der Waals surface area contributed by atoms with Gasteiger partial charge in [0.05, 0.1) is 0 Å². The predicted octanol–water partition coefficient (Wildman–Crippen LogP) is 8.00. The summed E-state index contributed by atoms with van der Waals surface area (Å²) in [6, 6.07) is 42.4. The minimum atomic E-state index is -0.714. The molecule has 0 amide bonds. The zero-order chi connectivity index (χ0) is 23.5. The lowest BCUT2D eigenvalue weighted by Gasteiger charge is -2.25. The molecule has 34 heavy (non-hydrogen) atoms. The van der Waals surface area contributed by atoms with Crippen molar-refractivity contribution in [2.24, 2.45) is 0 Å². The smallest absolute Gasteiger partial charge is 0.00235 e. The van der Waals surface area contributed by atoms with Crippen LogP contribution in [0, 0.1) is 6.92 Å². The molecule has 0 unspecified atom stereocenters. The van der Waals surface area contributed by atoms with Crippen LogP contribution in [0.3, 0.4) is 0 Å². The van der Waals surface area contributed by atoms with Crippen molar-refractivity contribution in [1.82, 2.24) is 0 Å². The summed E-state index contributed by atoms with van der Waals surface area (Å²) in [6.07, 6.45) is 2.22. The van der Waals surface area contributed by atoms with Crippen LogP contribution in [0.1, 0.15) is 25.0 Å². The second kappa shape index (κ2) is 9.80. The van der Waals surface area contributed by atoms with Gasteiger partial charge in [-0.25, -0.2) is 0 Å². The standard InChI is InChI=1S/C33H29P/c1-4-25(3)29-21-20-26-13-11-12-18-30(26)33(29)31-23-24(2)19-22-32(31)34(27-14-7-5-8-15-27)28-16-9-6-10-17-28/h4-23H,1-3H3/b25-4+. The van der Waals surface area contributed by atoms with E-state index in [9.17, 15) is 0 Å². The van der Waals surface area contributed by atoms with Crippen molar-refractivity contribution < 1.29 is 0 Å². The fourth-order valence-electron chi connectivity index (χ4n) is 4.67. The maximum absolute atomic E-state index is 2.39. The number of aryl methyl sites for hydroxylation is 1. The molecule has 5 aromatic carbocycles. The largest absolute Gasteiger partial charge is 0.0841 e. The molecule has 5 aromatic rings. The summed E-state index contributed by atoms with van der Waals surface area (Å²) < 4.78 is 0. The van der Waals surface area contributed by atoms with Gasteiger partial charge in [-0.15, -0.1) is 0 Å². The summed E-state index contributed by atoms with van der Waals surface area (Å²) in [5.41, 5.74) is 6.58. The molecule has 0 N–H and O–H groups in total. The van der Waals surface area contributed by atoms with Crippen LogP contribution in [0.2, 0.25) is 0 Å². The molecule has 0 bridgehead atoms. The van der Waals surface area contributed by atoms with Gasteiger partial charge in [-0.3, -0.25) is 0 Å². The number of benzene rings is 5. The van der Waals surface area contributed by atoms with Crippen molar-refractivity contribution in [3.8, 4) is 11.1 Å². The van der Waals surface area contributed by atoms with Crippen LogP contribution in [-0.2, 0) is 0 Å². The first-order valence-electron chi connectivity index (χ1n) is 11.8. The van der Waals surface area contributed by atoms with Crippen molar-refractivity contribution in [2.45, 2.75) is 20.8 Å². The summed E-state index contributed by atoms with van der Waals surface area (Å²) >= 11 is 0. The number of hydrogen-bond acceptors (Lipinski definition) is 0. The zero-order valence-corrected chi connectivity index (χ0v) is 20.9. The minimum Gasteiger partial charge on any atom is -0.0841 e. The lowest BCUT2D eigenvalue weighted by molar-refractivity contribution is 1.48. The van der Waals surface area contributed by atoms with Gasteiger partial charge in [-0.05, 0) is 77.6 Å². The molecule has 0 heterocycles. The average Bonchev–Trinajstić information content (AvgIpc) is 2.90. The van der Waals surface area contributed by atoms with Gasteiger partial charge in [0.15, 0.2) is 0 Å². The molecule has 5 rings (SSSR count). The molecular weight excluding hydrogens is 427 g/mol. The van der Waals surface area contributed by atoms with Gasteiger partial charge in [-0.1, -0.05) is 127 Å². The fraction of sp³-hybridized carbons (Fsp3) is 0.0909. The third kappa shape index (κ3) is 4.23. The van der Waals surface area contributed by atoms with Crippen molar-refractivity contribution >= 4 is 40.2 Å². The van der Waals surface area contributed by atoms with Crippen LogP contribution in [0.4, 0.5) is 0 Å². The van der Waals surface area contributed by atoms with Crippen LogP contribution in [0.25, 0.3) is 27.5 Å². The predicted molar refractivity (Wildman–Crippen MR) is 152 cm³/mol. The second-order valence-corrected chi connectivity index (χ2v) is 10.9. The van der Waals surface area contributed by atoms with Crippen molar-refractivity contribution in [3.05, 3.63) is 132 Å². The molecule has 0 atom stereocenters. The van der Waals surface area contributed by atoms with Crippen molar-refractivity contribution in [3.63, 3.8) is 0 Å². The fourth-order valence-corrected chi connectivity index (χ4v) is 7.11. The molecule has 0 radical (unpaired) electrons. The Kier molecular flexibility index (Phi) is 6.43. The van der Waals surface area contributed by atoms with E-state index in [0.717, 1.165) is 0 Å². The van der Waals surface area contributed by atoms with E-state index >= 15 is 0 Å². The molecule has 0 nitrogen and oxygen atoms in total. The van der Waals surface area contributed by atoms with Crippen LogP contribution in [-0.4, -0.2) is 0 Å². The van der Waals surface area contributed by atoms with Crippen LogP contribution < -0.4 is 15.9 Å². The molecule has 0 saturated carbocycles. The Morgan fingerprint density at radius 3 is 1.94 bits per heavy atom. The molecule has 1 heteroatoms. The third-order valence-electron chi connectivity index (χ3n) is 6.48. The van der Waals surface area contributed by atoms with Crippen LogP contribution >= 0.6 is 7.92 Å². The molecule has 0 fully saturated rings. The Balaban J connectivity index is 1.88. The molecule has 0 aliphatic heterocycles. The molecular formula is C33H29P. The monoisotopic (exact) mass is 456 g/mol. The zero-order valence-electron chi connectivity index (χ0n) is 20.0. The van der Waals surface area contributed by atoms with Crippen molar-refractivity contribution in [2.75, 3.05) is 0 Å². The number of hydrogen-bond donors (Lipinski definition) is 0. The first kappa shape index (κ1) is 22.3. The van der Waals surface area contributed by atoms with E-state index in [1.807, 2.05) is 0 Å². The summed E-state index contributed by atoms with van der Waals surface area (Å²) in [7, 11) is -0.714. The molecule has 0 aliphatic carbocycles. The molecule has 0 saturated heterocycles. The van der Waals surface area contributed by atoms with E-state index in [1.165, 1.54) is 54.5 Å². The van der Waals surface area contributed by atoms with Crippen molar-refractivity contribution in [1.29, 1.82) is 0 Å². The average molecular weight is 457 g/mol. The Morgan fingerprint density at radius 1 is 0.676 bits per heavy atom. The van der Waals surface area contributed by atoms with Gasteiger partial charge >= 0.3 is 0 Å². The highest BCUT2D eigenvalue weighted by Gasteiger charge is 2.23. The number of allylic oxidation sites excluding steroid dienone is 2.